The van der Waals surface area contributed by atoms with E-state index in [2.05, 4.69) is 24.9 Å². The van der Waals surface area contributed by atoms with Gasteiger partial charge in [-0.1, -0.05) is 61.3 Å². The Labute approximate surface area is 244 Å². The molecule has 2 heterocycles. The molecule has 2 aromatic heterocycles. The van der Waals surface area contributed by atoms with E-state index in [0.717, 1.165) is 23.3 Å². The van der Waals surface area contributed by atoms with E-state index >= 15 is 0 Å². The van der Waals surface area contributed by atoms with E-state index in [0.29, 0.717) is 21.7 Å². The Balaban J connectivity index is 0.000000239. The van der Waals surface area contributed by atoms with Gasteiger partial charge in [-0.05, 0) is 30.2 Å². The first-order chi connectivity index (χ1) is 19.6. The summed E-state index contributed by atoms with van der Waals surface area (Å²) in [6, 6.07) is 14.2. The molecule has 4 rings (SSSR count). The number of rotatable bonds is 8. The number of aromatic nitrogens is 6. The maximum atomic E-state index is 11.5. The van der Waals surface area contributed by atoms with Crippen molar-refractivity contribution >= 4 is 53.7 Å². The summed E-state index contributed by atoms with van der Waals surface area (Å²) in [4.78, 5) is 41.2. The number of hydrogen-bond donors (Lipinski definition) is 1. The molecule has 0 amide bonds. The van der Waals surface area contributed by atoms with Crippen LogP contribution in [0.4, 0.5) is 4.79 Å². The predicted molar refractivity (Wildman–Crippen MR) is 152 cm³/mol. The predicted octanol–water partition coefficient (Wildman–Crippen LogP) is 5.56. The normalized spacial score (nSPS) is 11.0. The zero-order valence-corrected chi connectivity index (χ0v) is 23.3. The lowest BCUT2D eigenvalue weighted by molar-refractivity contribution is -0.134. The monoisotopic (exact) mass is 598 g/mol. The molecule has 0 bridgehead atoms. The molecule has 0 radical (unpaired) electrons. The maximum Gasteiger partial charge on any atom is 0.516 e. The first-order valence-corrected chi connectivity index (χ1v) is 12.7. The summed E-state index contributed by atoms with van der Waals surface area (Å²) in [5.74, 6) is -0.800. The van der Waals surface area contributed by atoms with Crippen molar-refractivity contribution in [3.8, 4) is 22.8 Å². The van der Waals surface area contributed by atoms with Crippen molar-refractivity contribution in [2.75, 3.05) is 6.61 Å². The Morgan fingerprint density at radius 2 is 1.39 bits per heavy atom. The largest absolute Gasteiger partial charge is 0.516 e. The lowest BCUT2D eigenvalue weighted by Gasteiger charge is -2.05. The van der Waals surface area contributed by atoms with E-state index in [1.807, 2.05) is 26.0 Å². The Morgan fingerprint density at radius 3 is 1.85 bits per heavy atom. The highest BCUT2D eigenvalue weighted by Crippen LogP contribution is 2.20. The highest BCUT2D eigenvalue weighted by atomic mass is 35.5. The van der Waals surface area contributed by atoms with Crippen molar-refractivity contribution in [2.45, 2.75) is 13.8 Å². The first kappa shape index (κ1) is 30.7. The number of esters is 1. The second kappa shape index (κ2) is 15.1. The van der Waals surface area contributed by atoms with E-state index in [1.54, 1.807) is 36.4 Å². The number of benzene rings is 2. The minimum atomic E-state index is -1.04. The van der Waals surface area contributed by atoms with Gasteiger partial charge in [0.2, 0.25) is 0 Å². The van der Waals surface area contributed by atoms with Crippen molar-refractivity contribution in [1.29, 1.82) is 0 Å². The van der Waals surface area contributed by atoms with E-state index in [1.165, 1.54) is 34.4 Å². The van der Waals surface area contributed by atoms with E-state index < -0.39 is 18.1 Å². The Bertz CT molecular complexity index is 1560. The number of carbonyl (C=O) groups excluding carboxylic acids is 2. The van der Waals surface area contributed by atoms with Gasteiger partial charge in [0.1, 0.15) is 12.7 Å². The van der Waals surface area contributed by atoms with Gasteiger partial charge < -0.3 is 14.6 Å². The average Bonchev–Trinajstić information content (AvgIpc) is 3.60. The van der Waals surface area contributed by atoms with Gasteiger partial charge in [-0.25, -0.2) is 33.7 Å². The van der Waals surface area contributed by atoms with Crippen molar-refractivity contribution in [3.05, 3.63) is 83.4 Å². The van der Waals surface area contributed by atoms with Crippen molar-refractivity contribution < 1.29 is 29.0 Å². The van der Waals surface area contributed by atoms with Crippen LogP contribution in [0.15, 0.2) is 73.3 Å². The standard InChI is InChI=1S/C16H16ClN3O4.C11H8ClN3O2/c1-11(2)9-23-16(22)24-14(21)6-7-20-10-18-15(19-20)12-4-3-5-13(17)8-12;12-9-3-1-2-8(6-9)11-13-7-15(14-11)5-4-10(16)17/h3-8,10-11H,9H2,1-2H3;1-7H,(H,16,17)/b7-6-;5-4-. The molecule has 212 valence electrons. The maximum absolute atomic E-state index is 11.5. The zero-order valence-electron chi connectivity index (χ0n) is 21.8. The number of aliphatic carboxylic acids is 1. The van der Waals surface area contributed by atoms with Gasteiger partial charge in [-0.2, -0.15) is 0 Å². The van der Waals surface area contributed by atoms with Gasteiger partial charge in [-0.3, -0.25) is 0 Å². The number of carboxylic acid groups (broad SMARTS) is 1. The van der Waals surface area contributed by atoms with Crippen molar-refractivity contribution in [2.24, 2.45) is 5.92 Å². The quantitative estimate of drug-likeness (QED) is 0.155. The minimum Gasteiger partial charge on any atom is -0.478 e. The summed E-state index contributed by atoms with van der Waals surface area (Å²) in [6.07, 6.45) is 6.47. The van der Waals surface area contributed by atoms with Crippen LogP contribution in [0.1, 0.15) is 13.8 Å². The lowest BCUT2D eigenvalue weighted by atomic mass is 10.2. The summed E-state index contributed by atoms with van der Waals surface area (Å²) in [7, 11) is 0. The van der Waals surface area contributed by atoms with E-state index in [4.69, 9.17) is 33.0 Å². The fourth-order valence-electron chi connectivity index (χ4n) is 2.87. The van der Waals surface area contributed by atoms with Crippen LogP contribution in [0.3, 0.4) is 0 Å². The third-order valence-corrected chi connectivity index (χ3v) is 5.10. The summed E-state index contributed by atoms with van der Waals surface area (Å²) in [6.45, 7) is 3.93. The summed E-state index contributed by atoms with van der Waals surface area (Å²) in [5, 5.41) is 17.9. The molecule has 0 fully saturated rings. The minimum absolute atomic E-state index is 0.156. The number of carbonyl (C=O) groups is 3. The molecular formula is C27H24Cl2N6O6. The number of nitrogens with zero attached hydrogens (tertiary/aromatic N) is 6. The van der Waals surface area contributed by atoms with Crippen molar-refractivity contribution in [3.63, 3.8) is 0 Å². The molecule has 1 N–H and O–H groups in total. The van der Waals surface area contributed by atoms with Crippen LogP contribution in [0, 0.1) is 5.92 Å². The molecule has 14 heteroatoms. The molecule has 0 aliphatic heterocycles. The highest BCUT2D eigenvalue weighted by Gasteiger charge is 2.10. The molecule has 0 saturated carbocycles. The SMILES string of the molecule is CC(C)COC(=O)OC(=O)/C=C\n1cnc(-c2cccc(Cl)c2)n1.O=C(O)/C=C\n1cnc(-c2cccc(Cl)c2)n1. The number of ether oxygens (including phenoxy) is 2. The number of carboxylic acids is 1. The third kappa shape index (κ3) is 10.7. The molecule has 0 aliphatic rings. The van der Waals surface area contributed by atoms with Crippen LogP contribution in [-0.4, -0.2) is 59.3 Å². The summed E-state index contributed by atoms with van der Waals surface area (Å²) >= 11 is 11.8. The van der Waals surface area contributed by atoms with Gasteiger partial charge in [0.05, 0.1) is 6.61 Å². The molecule has 0 spiro atoms. The summed E-state index contributed by atoms with van der Waals surface area (Å²) in [5.41, 5.74) is 1.52. The molecule has 41 heavy (non-hydrogen) atoms. The number of halogens is 2. The van der Waals surface area contributed by atoms with Gasteiger partial charge in [-0.15, -0.1) is 10.2 Å². The molecule has 4 aromatic rings. The van der Waals surface area contributed by atoms with Crippen LogP contribution >= 0.6 is 23.2 Å². The number of hydrogen-bond acceptors (Lipinski definition) is 9. The molecule has 0 atom stereocenters. The Morgan fingerprint density at radius 1 is 0.878 bits per heavy atom. The van der Waals surface area contributed by atoms with Gasteiger partial charge in [0.15, 0.2) is 11.6 Å². The topological polar surface area (TPSA) is 151 Å². The first-order valence-electron chi connectivity index (χ1n) is 11.9. The average molecular weight is 599 g/mol. The molecule has 0 aliphatic carbocycles. The Kier molecular flexibility index (Phi) is 11.3. The fraction of sp³-hybridized carbons (Fsp3) is 0.148. The van der Waals surface area contributed by atoms with Crippen LogP contribution in [0.2, 0.25) is 10.0 Å². The van der Waals surface area contributed by atoms with Gasteiger partial charge in [0.25, 0.3) is 0 Å². The summed E-state index contributed by atoms with van der Waals surface area (Å²) < 4.78 is 11.8. The van der Waals surface area contributed by atoms with E-state index in [-0.39, 0.29) is 12.5 Å². The third-order valence-electron chi connectivity index (χ3n) is 4.63. The molecule has 12 nitrogen and oxygen atoms in total. The highest BCUT2D eigenvalue weighted by molar-refractivity contribution is 6.31. The molecule has 0 saturated heterocycles. The van der Waals surface area contributed by atoms with Crippen molar-refractivity contribution in [1.82, 2.24) is 29.5 Å². The van der Waals surface area contributed by atoms with Crippen LogP contribution < -0.4 is 0 Å². The van der Waals surface area contributed by atoms with Crippen LogP contribution in [0.5, 0.6) is 0 Å². The molecule has 0 unspecified atom stereocenters. The van der Waals surface area contributed by atoms with Gasteiger partial charge in [0, 0.05) is 45.7 Å². The Hall–Kier alpha value is -4.81. The van der Waals surface area contributed by atoms with Crippen LogP contribution in [-0.2, 0) is 19.1 Å². The second-order valence-corrected chi connectivity index (χ2v) is 9.34. The molecular weight excluding hydrogens is 575 g/mol. The van der Waals surface area contributed by atoms with E-state index in [9.17, 15) is 14.4 Å². The lowest BCUT2D eigenvalue weighted by Crippen LogP contribution is -2.14. The van der Waals surface area contributed by atoms with Gasteiger partial charge >= 0.3 is 18.1 Å². The second-order valence-electron chi connectivity index (χ2n) is 8.46. The fourth-order valence-corrected chi connectivity index (χ4v) is 3.25. The zero-order chi connectivity index (χ0) is 29.8. The van der Waals surface area contributed by atoms with Crippen LogP contribution in [0.25, 0.3) is 35.2 Å². The molecule has 2 aromatic carbocycles. The smallest absolute Gasteiger partial charge is 0.478 e.